The molecule has 2 amide bonds. The Kier molecular flexibility index (Phi) is 7.17. The molecule has 0 aliphatic carbocycles. The fraction of sp³-hybridized carbons (Fsp3) is 0.241. The van der Waals surface area contributed by atoms with Crippen LogP contribution in [0.3, 0.4) is 0 Å². The number of amidine groups is 1. The van der Waals surface area contributed by atoms with Gasteiger partial charge in [-0.3, -0.25) is 9.59 Å². The molecule has 0 saturated heterocycles. The van der Waals surface area contributed by atoms with E-state index in [1.165, 1.54) is 17.3 Å². The molecule has 1 N–H and O–H groups in total. The summed E-state index contributed by atoms with van der Waals surface area (Å²) in [6.45, 7) is 6.01. The van der Waals surface area contributed by atoms with Crippen molar-refractivity contribution in [2.45, 2.75) is 44.9 Å². The van der Waals surface area contributed by atoms with E-state index >= 15 is 0 Å². The van der Waals surface area contributed by atoms with E-state index in [4.69, 9.17) is 16.7 Å². The number of nitrogens with zero attached hydrogens (tertiary/aromatic N) is 3. The summed E-state index contributed by atoms with van der Waals surface area (Å²) in [4.78, 5) is 29.9. The first-order valence-electron chi connectivity index (χ1n) is 12.1. The van der Waals surface area contributed by atoms with Gasteiger partial charge in [0.2, 0.25) is 5.91 Å². The summed E-state index contributed by atoms with van der Waals surface area (Å²) in [5, 5.41) is 10.2. The Labute approximate surface area is 225 Å². The molecule has 2 atom stereocenters. The van der Waals surface area contributed by atoms with Crippen LogP contribution in [-0.4, -0.2) is 33.0 Å². The molecule has 2 aliphatic heterocycles. The molecular weight excluding hydrogens is 504 g/mol. The summed E-state index contributed by atoms with van der Waals surface area (Å²) in [5.41, 5.74) is 7.02. The average Bonchev–Trinajstić information content (AvgIpc) is 3.46. The summed E-state index contributed by atoms with van der Waals surface area (Å²) in [5.74, 6) is -0.529. The number of benzene rings is 3. The molecule has 0 bridgehead atoms. The molecule has 8 heteroatoms. The number of hydrazone groups is 1. The molecule has 2 aliphatic rings. The summed E-state index contributed by atoms with van der Waals surface area (Å²) < 4.78 is 0. The highest BCUT2D eigenvalue weighted by Crippen LogP contribution is 2.39. The molecule has 0 spiro atoms. The Morgan fingerprint density at radius 2 is 1.73 bits per heavy atom. The number of aryl methyl sites for hydroxylation is 3. The third-order valence-electron chi connectivity index (χ3n) is 6.50. The molecule has 2 unspecified atom stereocenters. The Bertz CT molecular complexity index is 1420. The Morgan fingerprint density at radius 3 is 2.43 bits per heavy atom. The molecule has 188 valence electrons. The van der Waals surface area contributed by atoms with Crippen molar-refractivity contribution in [1.82, 2.24) is 5.01 Å². The SMILES string of the molecule is Cc1ccc(C2=NN(C3=NC(=O)C(CC(=O)Nc4ccc(C)cc4C)S3)C(c3ccc(Cl)cc3)C2)cc1. The number of amides is 2. The maximum Gasteiger partial charge on any atom is 0.262 e. The van der Waals surface area contributed by atoms with Gasteiger partial charge in [0.15, 0.2) is 5.17 Å². The number of hydrogen-bond donors (Lipinski definition) is 1. The zero-order valence-electron chi connectivity index (χ0n) is 20.9. The molecule has 0 aromatic heterocycles. The predicted molar refractivity (Wildman–Crippen MR) is 151 cm³/mol. The smallest absolute Gasteiger partial charge is 0.262 e. The molecular formula is C29H27ClN4O2S. The second kappa shape index (κ2) is 10.5. The molecule has 6 nitrogen and oxygen atoms in total. The van der Waals surface area contributed by atoms with Crippen molar-refractivity contribution in [2.75, 3.05) is 5.32 Å². The highest BCUT2D eigenvalue weighted by atomic mass is 35.5. The van der Waals surface area contributed by atoms with Gasteiger partial charge in [0.1, 0.15) is 5.25 Å². The zero-order chi connectivity index (χ0) is 26.1. The average molecular weight is 531 g/mol. The Morgan fingerprint density at radius 1 is 1.03 bits per heavy atom. The third kappa shape index (κ3) is 5.63. The van der Waals surface area contributed by atoms with E-state index in [9.17, 15) is 9.59 Å². The molecule has 0 saturated carbocycles. The predicted octanol–water partition coefficient (Wildman–Crippen LogP) is 6.44. The molecule has 37 heavy (non-hydrogen) atoms. The van der Waals surface area contributed by atoms with Gasteiger partial charge >= 0.3 is 0 Å². The first-order valence-corrected chi connectivity index (χ1v) is 13.4. The first-order chi connectivity index (χ1) is 17.8. The monoisotopic (exact) mass is 530 g/mol. The fourth-order valence-electron chi connectivity index (χ4n) is 4.48. The van der Waals surface area contributed by atoms with Gasteiger partial charge in [-0.15, -0.1) is 0 Å². The number of aliphatic imine (C=N–C) groups is 1. The maximum atomic E-state index is 12.8. The highest BCUT2D eigenvalue weighted by Gasteiger charge is 2.39. The van der Waals surface area contributed by atoms with Crippen molar-refractivity contribution >= 4 is 51.7 Å². The van der Waals surface area contributed by atoms with E-state index in [2.05, 4.69) is 41.5 Å². The second-order valence-electron chi connectivity index (χ2n) is 9.44. The van der Waals surface area contributed by atoms with Crippen LogP contribution >= 0.6 is 23.4 Å². The molecule has 3 aromatic carbocycles. The number of thioether (sulfide) groups is 1. The van der Waals surface area contributed by atoms with E-state index in [1.54, 1.807) is 0 Å². The van der Waals surface area contributed by atoms with Crippen LogP contribution in [0.5, 0.6) is 0 Å². The van der Waals surface area contributed by atoms with E-state index in [1.807, 2.05) is 61.3 Å². The molecule has 3 aromatic rings. The summed E-state index contributed by atoms with van der Waals surface area (Å²) in [7, 11) is 0. The number of anilines is 1. The second-order valence-corrected chi connectivity index (χ2v) is 11.0. The molecule has 5 rings (SSSR count). The quantitative estimate of drug-likeness (QED) is 0.411. The van der Waals surface area contributed by atoms with E-state index < -0.39 is 5.25 Å². The zero-order valence-corrected chi connectivity index (χ0v) is 22.4. The van der Waals surface area contributed by atoms with Crippen molar-refractivity contribution in [3.63, 3.8) is 0 Å². The lowest BCUT2D eigenvalue weighted by molar-refractivity contribution is -0.121. The number of hydrogen-bond acceptors (Lipinski definition) is 5. The van der Waals surface area contributed by atoms with Crippen molar-refractivity contribution in [3.05, 3.63) is 99.6 Å². The van der Waals surface area contributed by atoms with Gasteiger partial charge in [-0.25, -0.2) is 5.01 Å². The molecule has 0 fully saturated rings. The van der Waals surface area contributed by atoms with Crippen molar-refractivity contribution in [1.29, 1.82) is 0 Å². The Balaban J connectivity index is 1.35. The highest BCUT2D eigenvalue weighted by molar-refractivity contribution is 8.15. The normalized spacial score (nSPS) is 19.1. The third-order valence-corrected chi connectivity index (χ3v) is 7.90. The van der Waals surface area contributed by atoms with Crippen LogP contribution in [0.2, 0.25) is 5.02 Å². The topological polar surface area (TPSA) is 74.1 Å². The van der Waals surface area contributed by atoms with Crippen molar-refractivity contribution in [2.24, 2.45) is 10.1 Å². The van der Waals surface area contributed by atoms with E-state index in [0.29, 0.717) is 16.6 Å². The van der Waals surface area contributed by atoms with Crippen LogP contribution in [0.25, 0.3) is 0 Å². The van der Waals surface area contributed by atoms with Gasteiger partial charge in [0, 0.05) is 23.6 Å². The minimum atomic E-state index is -0.592. The van der Waals surface area contributed by atoms with Gasteiger partial charge in [-0.05, 0) is 55.7 Å². The molecule has 0 radical (unpaired) electrons. The lowest BCUT2D eigenvalue weighted by Gasteiger charge is -2.23. The first kappa shape index (κ1) is 25.2. The largest absolute Gasteiger partial charge is 0.326 e. The van der Waals surface area contributed by atoms with Crippen molar-refractivity contribution in [3.8, 4) is 0 Å². The maximum absolute atomic E-state index is 12.8. The van der Waals surface area contributed by atoms with Crippen molar-refractivity contribution < 1.29 is 9.59 Å². The van der Waals surface area contributed by atoms with E-state index in [-0.39, 0.29) is 24.3 Å². The summed E-state index contributed by atoms with van der Waals surface area (Å²) >= 11 is 7.43. The van der Waals surface area contributed by atoms with Gasteiger partial charge in [-0.2, -0.15) is 10.1 Å². The standard InChI is InChI=1S/C29H27ClN4O2S/c1-17-4-7-20(8-5-17)24-15-25(21-9-11-22(30)12-10-21)34(33-24)29-32-28(36)26(37-29)16-27(35)31-23-13-6-18(2)14-19(23)3/h4-14,25-26H,15-16H2,1-3H3,(H,31,35). The van der Waals surface area contributed by atoms with Gasteiger partial charge in [0.25, 0.3) is 5.91 Å². The Hall–Kier alpha value is -3.42. The lowest BCUT2D eigenvalue weighted by Crippen LogP contribution is -2.25. The number of halogens is 1. The fourth-order valence-corrected chi connectivity index (χ4v) is 5.67. The van der Waals surface area contributed by atoms with Gasteiger partial charge in [-0.1, -0.05) is 83.0 Å². The number of nitrogens with one attached hydrogen (secondary N) is 1. The number of rotatable bonds is 5. The van der Waals surface area contributed by atoms with Gasteiger partial charge < -0.3 is 5.32 Å². The summed E-state index contributed by atoms with van der Waals surface area (Å²) in [6.07, 6.45) is 0.702. The van der Waals surface area contributed by atoms with Crippen LogP contribution in [0.4, 0.5) is 5.69 Å². The lowest BCUT2D eigenvalue weighted by atomic mass is 9.98. The van der Waals surface area contributed by atoms with Gasteiger partial charge in [0.05, 0.1) is 11.8 Å². The van der Waals surface area contributed by atoms with Crippen LogP contribution in [0.1, 0.15) is 46.7 Å². The number of carbonyl (C=O) groups excluding carboxylic acids is 2. The van der Waals surface area contributed by atoms with Crippen LogP contribution < -0.4 is 5.32 Å². The van der Waals surface area contributed by atoms with Crippen LogP contribution in [-0.2, 0) is 9.59 Å². The minimum Gasteiger partial charge on any atom is -0.326 e. The number of carbonyl (C=O) groups is 2. The molecule has 2 heterocycles. The van der Waals surface area contributed by atoms with E-state index in [0.717, 1.165) is 33.7 Å². The van der Waals surface area contributed by atoms with Crippen LogP contribution in [0, 0.1) is 20.8 Å². The minimum absolute atomic E-state index is 0.0395. The summed E-state index contributed by atoms with van der Waals surface area (Å²) in [6, 6.07) is 21.6. The van der Waals surface area contributed by atoms with Crippen LogP contribution in [0.15, 0.2) is 76.8 Å².